The van der Waals surface area contributed by atoms with Crippen molar-refractivity contribution < 1.29 is 4.79 Å². The van der Waals surface area contributed by atoms with E-state index in [1.807, 2.05) is 59.1 Å². The van der Waals surface area contributed by atoms with Gasteiger partial charge in [0.1, 0.15) is 0 Å². The van der Waals surface area contributed by atoms with Crippen molar-refractivity contribution in [3.05, 3.63) is 59.9 Å². The van der Waals surface area contributed by atoms with Gasteiger partial charge in [0.25, 0.3) is 0 Å². The topological polar surface area (TPSA) is 38.1 Å². The van der Waals surface area contributed by atoms with Gasteiger partial charge in [0.2, 0.25) is 5.91 Å². The van der Waals surface area contributed by atoms with E-state index in [0.29, 0.717) is 0 Å². The molecule has 4 nitrogen and oxygen atoms in total. The smallest absolute Gasteiger partial charge is 0.247 e. The molecule has 0 radical (unpaired) electrons. The second-order valence-corrected chi connectivity index (χ2v) is 5.67. The molecule has 3 rings (SSSR count). The first-order valence-corrected chi connectivity index (χ1v) is 7.77. The molecule has 0 bridgehead atoms. The number of carbonyl (C=O) groups excluding carboxylic acids is 1. The van der Waals surface area contributed by atoms with Crippen molar-refractivity contribution in [1.82, 2.24) is 14.7 Å². The maximum Gasteiger partial charge on any atom is 0.247 e. The average molecular weight is 295 g/mol. The summed E-state index contributed by atoms with van der Waals surface area (Å²) in [6.45, 7) is 0.813. The summed E-state index contributed by atoms with van der Waals surface area (Å²) in [7, 11) is 1.94. The van der Waals surface area contributed by atoms with E-state index in [0.717, 1.165) is 37.1 Å². The summed E-state index contributed by atoms with van der Waals surface area (Å²) >= 11 is 0. The van der Waals surface area contributed by atoms with Crippen LogP contribution >= 0.6 is 0 Å². The number of likely N-dealkylation sites (tertiary alicyclic amines) is 1. The maximum atomic E-state index is 12.6. The van der Waals surface area contributed by atoms with Crippen LogP contribution in [0.2, 0.25) is 0 Å². The van der Waals surface area contributed by atoms with Gasteiger partial charge in [-0.1, -0.05) is 30.3 Å². The molecule has 0 N–H and O–H groups in total. The normalized spacial score (nSPS) is 18.8. The molecule has 1 atom stereocenters. The summed E-state index contributed by atoms with van der Waals surface area (Å²) < 4.78 is 1.87. The largest absolute Gasteiger partial charge is 0.331 e. The van der Waals surface area contributed by atoms with E-state index < -0.39 is 0 Å². The molecule has 0 aliphatic carbocycles. The fourth-order valence-corrected chi connectivity index (χ4v) is 3.04. The van der Waals surface area contributed by atoms with Crippen LogP contribution in [0.3, 0.4) is 0 Å². The molecule has 1 fully saturated rings. The number of rotatable bonds is 3. The van der Waals surface area contributed by atoms with Crippen LogP contribution in [0.1, 0.15) is 36.6 Å². The Balaban J connectivity index is 1.77. The minimum atomic E-state index is 0.0785. The van der Waals surface area contributed by atoms with Crippen LogP contribution < -0.4 is 0 Å². The van der Waals surface area contributed by atoms with Gasteiger partial charge in [-0.2, -0.15) is 5.10 Å². The molecule has 1 aromatic carbocycles. The quantitative estimate of drug-likeness (QED) is 0.816. The van der Waals surface area contributed by atoms with E-state index in [9.17, 15) is 4.79 Å². The predicted octanol–water partition coefficient (Wildman–Crippen LogP) is 3.19. The average Bonchev–Trinajstić information content (AvgIpc) is 2.99. The Bertz CT molecular complexity index is 660. The lowest BCUT2D eigenvalue weighted by atomic mass is 9.99. The zero-order chi connectivity index (χ0) is 15.4. The number of hydrogen-bond acceptors (Lipinski definition) is 2. The van der Waals surface area contributed by atoms with Crippen LogP contribution in [0.25, 0.3) is 6.08 Å². The lowest BCUT2D eigenvalue weighted by molar-refractivity contribution is -0.129. The van der Waals surface area contributed by atoms with E-state index in [2.05, 4.69) is 5.10 Å². The molecule has 1 aromatic heterocycles. The highest BCUT2D eigenvalue weighted by Crippen LogP contribution is 2.30. The first-order chi connectivity index (χ1) is 10.8. The third kappa shape index (κ3) is 3.11. The van der Waals surface area contributed by atoms with E-state index in [1.54, 1.807) is 12.3 Å². The maximum absolute atomic E-state index is 12.6. The van der Waals surface area contributed by atoms with Crippen LogP contribution in [0, 0.1) is 0 Å². The number of piperidine rings is 1. The van der Waals surface area contributed by atoms with Crippen LogP contribution in [-0.4, -0.2) is 27.1 Å². The van der Waals surface area contributed by atoms with Crippen molar-refractivity contribution in [3.63, 3.8) is 0 Å². The van der Waals surface area contributed by atoms with E-state index >= 15 is 0 Å². The van der Waals surface area contributed by atoms with Gasteiger partial charge < -0.3 is 4.90 Å². The van der Waals surface area contributed by atoms with Crippen molar-refractivity contribution in [2.75, 3.05) is 6.54 Å². The summed E-state index contributed by atoms with van der Waals surface area (Å²) in [5, 5.41) is 4.24. The first kappa shape index (κ1) is 14.6. The number of benzene rings is 1. The molecular formula is C18H21N3O. The summed E-state index contributed by atoms with van der Waals surface area (Å²) in [5.74, 6) is 0.0785. The molecule has 2 heterocycles. The molecule has 22 heavy (non-hydrogen) atoms. The highest BCUT2D eigenvalue weighted by atomic mass is 16.2. The molecule has 1 saturated heterocycles. The second-order valence-electron chi connectivity index (χ2n) is 5.67. The lowest BCUT2D eigenvalue weighted by Crippen LogP contribution is -2.38. The first-order valence-electron chi connectivity index (χ1n) is 7.77. The van der Waals surface area contributed by atoms with E-state index in [-0.39, 0.29) is 11.9 Å². The Morgan fingerprint density at radius 1 is 1.23 bits per heavy atom. The molecule has 4 heteroatoms. The minimum Gasteiger partial charge on any atom is -0.331 e. The van der Waals surface area contributed by atoms with Crippen LogP contribution in [0.5, 0.6) is 0 Å². The molecular weight excluding hydrogens is 274 g/mol. The van der Waals surface area contributed by atoms with E-state index in [1.165, 1.54) is 0 Å². The van der Waals surface area contributed by atoms with Crippen LogP contribution in [0.4, 0.5) is 0 Å². The summed E-state index contributed by atoms with van der Waals surface area (Å²) in [6.07, 6.45) is 8.60. The standard InChI is InChI=1S/C18H21N3O/c1-20-16(12-13-19-20)17-9-5-6-14-21(17)18(22)11-10-15-7-3-2-4-8-15/h2-4,7-8,10-13,17H,5-6,9,14H2,1H3/b11-10+. The molecule has 114 valence electrons. The van der Waals surface area contributed by atoms with Crippen molar-refractivity contribution in [2.45, 2.75) is 25.3 Å². The van der Waals surface area contributed by atoms with Gasteiger partial charge in [0.05, 0.1) is 11.7 Å². The van der Waals surface area contributed by atoms with Gasteiger partial charge in [-0.15, -0.1) is 0 Å². The third-order valence-electron chi connectivity index (χ3n) is 4.20. The molecule has 0 saturated carbocycles. The Hall–Kier alpha value is -2.36. The molecule has 2 aromatic rings. The zero-order valence-corrected chi connectivity index (χ0v) is 12.9. The second kappa shape index (κ2) is 6.60. The number of aryl methyl sites for hydroxylation is 1. The number of carbonyl (C=O) groups is 1. The van der Waals surface area contributed by atoms with Crippen LogP contribution in [0.15, 0.2) is 48.7 Å². The van der Waals surface area contributed by atoms with Crippen LogP contribution in [-0.2, 0) is 11.8 Å². The minimum absolute atomic E-state index is 0.0785. The molecule has 1 aliphatic rings. The number of aromatic nitrogens is 2. The zero-order valence-electron chi connectivity index (χ0n) is 12.9. The SMILES string of the molecule is Cn1nccc1C1CCCCN1C(=O)/C=C/c1ccccc1. The third-order valence-corrected chi connectivity index (χ3v) is 4.20. The van der Waals surface area contributed by atoms with Gasteiger partial charge >= 0.3 is 0 Å². The van der Waals surface area contributed by atoms with Gasteiger partial charge in [-0.3, -0.25) is 9.48 Å². The number of nitrogens with zero attached hydrogens (tertiary/aromatic N) is 3. The Labute approximate surface area is 131 Å². The van der Waals surface area contributed by atoms with Crippen molar-refractivity contribution in [2.24, 2.45) is 7.05 Å². The highest BCUT2D eigenvalue weighted by molar-refractivity contribution is 5.92. The molecule has 1 amide bonds. The van der Waals surface area contributed by atoms with Crippen molar-refractivity contribution in [1.29, 1.82) is 0 Å². The fraction of sp³-hybridized carbons (Fsp3) is 0.333. The fourth-order valence-electron chi connectivity index (χ4n) is 3.04. The van der Waals surface area contributed by atoms with Crippen molar-refractivity contribution in [3.8, 4) is 0 Å². The Morgan fingerprint density at radius 2 is 2.05 bits per heavy atom. The Kier molecular flexibility index (Phi) is 4.37. The highest BCUT2D eigenvalue weighted by Gasteiger charge is 2.28. The number of amides is 1. The Morgan fingerprint density at radius 3 is 2.77 bits per heavy atom. The van der Waals surface area contributed by atoms with Gasteiger partial charge in [-0.05, 0) is 37.0 Å². The lowest BCUT2D eigenvalue weighted by Gasteiger charge is -2.35. The summed E-state index contributed by atoms with van der Waals surface area (Å²) in [5.41, 5.74) is 2.16. The van der Waals surface area contributed by atoms with Gasteiger partial charge in [0, 0.05) is 25.9 Å². The van der Waals surface area contributed by atoms with Gasteiger partial charge in [-0.25, -0.2) is 0 Å². The predicted molar refractivity (Wildman–Crippen MR) is 87.0 cm³/mol. The molecule has 0 spiro atoms. The molecule has 1 aliphatic heterocycles. The summed E-state index contributed by atoms with van der Waals surface area (Å²) in [4.78, 5) is 14.6. The monoisotopic (exact) mass is 295 g/mol. The summed E-state index contributed by atoms with van der Waals surface area (Å²) in [6, 6.07) is 12.1. The van der Waals surface area contributed by atoms with Gasteiger partial charge in [0.15, 0.2) is 0 Å². The van der Waals surface area contributed by atoms with Crippen molar-refractivity contribution >= 4 is 12.0 Å². The van der Waals surface area contributed by atoms with E-state index in [4.69, 9.17) is 0 Å². The molecule has 1 unspecified atom stereocenters. The number of hydrogen-bond donors (Lipinski definition) is 0.